The lowest BCUT2D eigenvalue weighted by molar-refractivity contribution is -0.128. The Kier molecular flexibility index (Phi) is 6.75. The Labute approximate surface area is 252 Å². The number of nitrogens with one attached hydrogen (secondary N) is 4. The molecule has 0 bridgehead atoms. The third kappa shape index (κ3) is 4.91. The molecule has 0 unspecified atom stereocenters. The Morgan fingerprint density at radius 1 is 0.795 bits per heavy atom. The van der Waals surface area contributed by atoms with Crippen molar-refractivity contribution in [3.8, 4) is 0 Å². The summed E-state index contributed by atoms with van der Waals surface area (Å²) in [6.07, 6.45) is 4.84. The van der Waals surface area contributed by atoms with Crippen LogP contribution in [0.3, 0.4) is 0 Å². The van der Waals surface area contributed by atoms with Crippen LogP contribution in [0.4, 0.5) is 0 Å². The van der Waals surface area contributed by atoms with Gasteiger partial charge in [0.1, 0.15) is 12.1 Å². The van der Waals surface area contributed by atoms with Gasteiger partial charge >= 0.3 is 0 Å². The van der Waals surface area contributed by atoms with E-state index in [1.807, 2.05) is 60.7 Å². The Morgan fingerprint density at radius 3 is 2.27 bits per heavy atom. The first-order chi connectivity index (χ1) is 21.3. The predicted octanol–water partition coefficient (Wildman–Crippen LogP) is 3.89. The van der Waals surface area contributed by atoms with Crippen molar-refractivity contribution in [3.63, 3.8) is 0 Å². The highest BCUT2D eigenvalue weighted by molar-refractivity contribution is 7.89. The van der Waals surface area contributed by atoms with Crippen LogP contribution in [0, 0.1) is 0 Å². The van der Waals surface area contributed by atoms with Crippen LogP contribution in [0.1, 0.15) is 11.3 Å². The molecule has 6 N–H and O–H groups in total. The topological polar surface area (TPSA) is 163 Å². The molecule has 7 rings (SSSR count). The highest BCUT2D eigenvalue weighted by atomic mass is 32.2. The van der Waals surface area contributed by atoms with Crippen molar-refractivity contribution in [2.45, 2.75) is 29.8 Å². The zero-order valence-electron chi connectivity index (χ0n) is 23.4. The molecule has 2 aromatic heterocycles. The molecule has 10 nitrogen and oxygen atoms in total. The number of aromatic nitrogens is 3. The van der Waals surface area contributed by atoms with Crippen LogP contribution in [-0.4, -0.2) is 47.3 Å². The number of imidazole rings is 1. The number of hydrogen-bond donors (Lipinski definition) is 5. The number of nitrogens with two attached hydrogens (primary N) is 1. The van der Waals surface area contributed by atoms with Crippen molar-refractivity contribution in [2.75, 3.05) is 0 Å². The second-order valence-corrected chi connectivity index (χ2v) is 12.6. The monoisotopic (exact) mass is 604 g/mol. The summed E-state index contributed by atoms with van der Waals surface area (Å²) < 4.78 is 31.0. The molecule has 0 saturated carbocycles. The van der Waals surface area contributed by atoms with E-state index < -0.39 is 33.9 Å². The third-order valence-electron chi connectivity index (χ3n) is 8.13. The number of para-hydroxylation sites is 1. The van der Waals surface area contributed by atoms with E-state index in [0.717, 1.165) is 43.4 Å². The molecule has 220 valence electrons. The van der Waals surface area contributed by atoms with Crippen molar-refractivity contribution < 1.29 is 18.0 Å². The van der Waals surface area contributed by atoms with Crippen LogP contribution in [0.2, 0.25) is 0 Å². The summed E-state index contributed by atoms with van der Waals surface area (Å²) in [7, 11) is -4.25. The minimum Gasteiger partial charge on any atom is -0.368 e. The maximum absolute atomic E-state index is 14.2. The number of nitrogens with zero attached hydrogens (tertiary/aromatic N) is 1. The summed E-state index contributed by atoms with van der Waals surface area (Å²) in [5.41, 5.74) is 7.82. The first-order valence-electron chi connectivity index (χ1n) is 14.1. The van der Waals surface area contributed by atoms with Gasteiger partial charge in [-0.2, -0.15) is 4.72 Å². The summed E-state index contributed by atoms with van der Waals surface area (Å²) in [4.78, 5) is 36.2. The Hall–Kier alpha value is -5.26. The highest BCUT2D eigenvalue weighted by Gasteiger charge is 2.31. The van der Waals surface area contributed by atoms with Crippen molar-refractivity contribution in [3.05, 3.63) is 109 Å². The molecule has 2 atom stereocenters. The number of carbonyl (C=O) groups is 2. The summed E-state index contributed by atoms with van der Waals surface area (Å²) >= 11 is 0. The van der Waals surface area contributed by atoms with Gasteiger partial charge in [0.2, 0.25) is 21.8 Å². The highest BCUT2D eigenvalue weighted by Crippen LogP contribution is 2.37. The lowest BCUT2D eigenvalue weighted by atomic mass is 9.94. The van der Waals surface area contributed by atoms with Gasteiger partial charge in [0.25, 0.3) is 0 Å². The quantitative estimate of drug-likeness (QED) is 0.149. The van der Waals surface area contributed by atoms with Crippen molar-refractivity contribution in [2.24, 2.45) is 5.73 Å². The van der Waals surface area contributed by atoms with Crippen molar-refractivity contribution in [1.29, 1.82) is 0 Å². The number of benzene rings is 5. The molecule has 0 radical (unpaired) electrons. The molecule has 0 spiro atoms. The van der Waals surface area contributed by atoms with Gasteiger partial charge in [0.05, 0.1) is 11.2 Å². The first kappa shape index (κ1) is 27.6. The molecule has 0 fully saturated rings. The molecule has 0 aliphatic carbocycles. The van der Waals surface area contributed by atoms with Gasteiger partial charge in [-0.3, -0.25) is 9.59 Å². The zero-order valence-corrected chi connectivity index (χ0v) is 24.2. The van der Waals surface area contributed by atoms with Crippen molar-refractivity contribution in [1.82, 2.24) is 25.0 Å². The SMILES string of the molecule is NC(=O)[C@H](Cc1cnc[nH]1)NC(=O)[C@H](Cc1c[nH]c2ccccc12)NS(=O)(=O)c1ccc2ccc3cccc4ccc1c2c34. The molecule has 44 heavy (non-hydrogen) atoms. The van der Waals surface area contributed by atoms with Gasteiger partial charge in [-0.25, -0.2) is 13.4 Å². The van der Waals surface area contributed by atoms with Gasteiger partial charge < -0.3 is 21.0 Å². The number of primary amides is 1. The van der Waals surface area contributed by atoms with Gasteiger partial charge in [0.15, 0.2) is 0 Å². The van der Waals surface area contributed by atoms with E-state index in [9.17, 15) is 18.0 Å². The van der Waals surface area contributed by atoms with Crippen LogP contribution in [0.5, 0.6) is 0 Å². The fourth-order valence-corrected chi connectivity index (χ4v) is 7.41. The van der Waals surface area contributed by atoms with E-state index in [0.29, 0.717) is 11.1 Å². The van der Waals surface area contributed by atoms with Crippen molar-refractivity contribution >= 4 is 65.1 Å². The maximum atomic E-state index is 14.2. The summed E-state index contributed by atoms with van der Waals surface area (Å²) in [5.74, 6) is -1.44. The molecular formula is C33H28N6O4S. The molecular weight excluding hydrogens is 576 g/mol. The molecule has 5 aromatic carbocycles. The summed E-state index contributed by atoms with van der Waals surface area (Å²) in [6.45, 7) is 0. The molecule has 11 heteroatoms. The Morgan fingerprint density at radius 2 is 1.52 bits per heavy atom. The van der Waals surface area contributed by atoms with Gasteiger partial charge in [0, 0.05) is 40.8 Å². The molecule has 0 aliphatic heterocycles. The predicted molar refractivity (Wildman–Crippen MR) is 170 cm³/mol. The second-order valence-electron chi connectivity index (χ2n) is 10.9. The van der Waals surface area contributed by atoms with Crippen LogP contribution in [0.25, 0.3) is 43.2 Å². The van der Waals surface area contributed by atoms with Gasteiger partial charge in [-0.1, -0.05) is 66.7 Å². The summed E-state index contributed by atoms with van der Waals surface area (Å²) in [6, 6.07) is 22.2. The number of rotatable bonds is 10. The molecule has 0 saturated heterocycles. The molecule has 2 amide bonds. The van der Waals surface area contributed by atoms with Gasteiger partial charge in [-0.15, -0.1) is 0 Å². The first-order valence-corrected chi connectivity index (χ1v) is 15.6. The number of fused-ring (bicyclic) bond motifs is 1. The van der Waals surface area contributed by atoms with Gasteiger partial charge in [-0.05, 0) is 51.0 Å². The number of sulfonamides is 1. The largest absolute Gasteiger partial charge is 0.368 e. The molecule has 0 aliphatic rings. The van der Waals surface area contributed by atoms with E-state index in [2.05, 4.69) is 25.0 Å². The average Bonchev–Trinajstić information content (AvgIpc) is 3.69. The minimum atomic E-state index is -4.25. The van der Waals surface area contributed by atoms with E-state index >= 15 is 0 Å². The average molecular weight is 605 g/mol. The van der Waals surface area contributed by atoms with Crippen LogP contribution >= 0.6 is 0 Å². The number of aromatic amines is 2. The lowest BCUT2D eigenvalue weighted by Gasteiger charge is -2.22. The Bertz CT molecular complexity index is 2260. The lowest BCUT2D eigenvalue weighted by Crippen LogP contribution is -2.54. The van der Waals surface area contributed by atoms with Crippen LogP contribution in [-0.2, 0) is 32.5 Å². The second kappa shape index (κ2) is 10.8. The fraction of sp³-hybridized carbons (Fsp3) is 0.121. The zero-order chi connectivity index (χ0) is 30.4. The van der Waals surface area contributed by atoms with Crippen LogP contribution < -0.4 is 15.8 Å². The minimum absolute atomic E-state index is 0.0243. The number of amides is 2. The molecule has 2 heterocycles. The van der Waals surface area contributed by atoms with Crippen LogP contribution in [0.15, 0.2) is 102 Å². The van der Waals surface area contributed by atoms with E-state index in [1.54, 1.807) is 24.4 Å². The normalized spacial score (nSPS) is 13.5. The fourth-order valence-electron chi connectivity index (χ4n) is 6.01. The number of carbonyl (C=O) groups excluding carboxylic acids is 2. The number of hydrogen-bond acceptors (Lipinski definition) is 5. The smallest absolute Gasteiger partial charge is 0.241 e. The van der Waals surface area contributed by atoms with E-state index in [-0.39, 0.29) is 17.7 Å². The Balaban J connectivity index is 1.28. The summed E-state index contributed by atoms with van der Waals surface area (Å²) in [5, 5.41) is 8.84. The number of H-pyrrole nitrogens is 2. The maximum Gasteiger partial charge on any atom is 0.241 e. The standard InChI is InChI=1S/C33H28N6O4S/c34-32(40)27(15-23-17-35-18-37-23)38-33(41)28(14-22-16-36-26-7-2-1-6-24(22)26)39-44(42,43)29-13-11-21-9-8-19-4-3-5-20-10-12-25(29)31(21)30(19)20/h1-13,16-18,27-28,36,39H,14-15H2,(H2,34,40)(H,35,37)(H,38,41)/t27-,28-/m0/s1. The molecule has 7 aromatic rings. The van der Waals surface area contributed by atoms with E-state index in [4.69, 9.17) is 5.73 Å². The third-order valence-corrected chi connectivity index (χ3v) is 9.66. The van der Waals surface area contributed by atoms with E-state index in [1.165, 1.54) is 12.5 Å².